The van der Waals surface area contributed by atoms with Crippen LogP contribution in [0.4, 0.5) is 4.39 Å². The highest BCUT2D eigenvalue weighted by molar-refractivity contribution is 5.15. The van der Waals surface area contributed by atoms with Crippen LogP contribution in [0, 0.1) is 5.82 Å². The molecule has 0 aliphatic heterocycles. The van der Waals surface area contributed by atoms with Gasteiger partial charge in [0.15, 0.2) is 0 Å². The fourth-order valence-corrected chi connectivity index (χ4v) is 0.720. The minimum Gasteiger partial charge on any atom is -0.207 e. The highest BCUT2D eigenvalue weighted by Crippen LogP contribution is 2.01. The fourth-order valence-electron chi connectivity index (χ4n) is 0.720. The van der Waals surface area contributed by atoms with E-state index in [1.54, 1.807) is 12.1 Å². The van der Waals surface area contributed by atoms with Gasteiger partial charge in [-0.1, -0.05) is 53.2 Å². The molecule has 0 heterocycles. The lowest BCUT2D eigenvalue weighted by Crippen LogP contribution is -1.78. The van der Waals surface area contributed by atoms with Gasteiger partial charge in [0.1, 0.15) is 5.82 Å². The molecule has 0 fully saturated rings. The minimum atomic E-state index is -0.160. The van der Waals surface area contributed by atoms with Crippen LogP contribution >= 0.6 is 0 Å². The molecule has 0 spiro atoms. The summed E-state index contributed by atoms with van der Waals surface area (Å²) < 4.78 is 12.2. The molecule has 82 valence electrons. The first-order valence-electron chi connectivity index (χ1n) is 5.49. The van der Waals surface area contributed by atoms with Crippen LogP contribution in [-0.2, 0) is 6.42 Å². The van der Waals surface area contributed by atoms with Crippen LogP contribution in [0.25, 0.3) is 0 Å². The average Bonchev–Trinajstić information content (AvgIpc) is 2.23. The predicted molar refractivity (Wildman–Crippen MR) is 63.1 cm³/mol. The van der Waals surface area contributed by atoms with Gasteiger partial charge < -0.3 is 0 Å². The summed E-state index contributed by atoms with van der Waals surface area (Å²) in [5, 5.41) is 0. The van der Waals surface area contributed by atoms with Crippen molar-refractivity contribution in [3.05, 3.63) is 35.6 Å². The molecular weight excluding hydrogens is 175 g/mol. The van der Waals surface area contributed by atoms with E-state index in [0.29, 0.717) is 0 Å². The molecule has 1 aromatic carbocycles. The molecule has 0 bridgehead atoms. The Morgan fingerprint density at radius 1 is 0.929 bits per heavy atom. The highest BCUT2D eigenvalue weighted by atomic mass is 19.1. The zero-order valence-corrected chi connectivity index (χ0v) is 10.1. The summed E-state index contributed by atoms with van der Waals surface area (Å²) in [7, 11) is 0. The largest absolute Gasteiger partial charge is 0.207 e. The third-order valence-corrected chi connectivity index (χ3v) is 1.32. The van der Waals surface area contributed by atoms with Crippen molar-refractivity contribution >= 4 is 0 Å². The van der Waals surface area contributed by atoms with Gasteiger partial charge >= 0.3 is 0 Å². The van der Waals surface area contributed by atoms with Crippen LogP contribution in [0.1, 0.15) is 46.6 Å². The quantitative estimate of drug-likeness (QED) is 0.606. The van der Waals surface area contributed by atoms with Gasteiger partial charge in [-0.2, -0.15) is 0 Å². The van der Waals surface area contributed by atoms with E-state index in [1.807, 2.05) is 20.8 Å². The van der Waals surface area contributed by atoms with E-state index in [0.717, 1.165) is 6.42 Å². The Kier molecular flexibility index (Phi) is 13.6. The van der Waals surface area contributed by atoms with Crippen molar-refractivity contribution in [2.45, 2.75) is 47.5 Å². The molecule has 1 rings (SSSR count). The Hall–Kier alpha value is -0.850. The second-order valence-corrected chi connectivity index (χ2v) is 2.69. The lowest BCUT2D eigenvalue weighted by Gasteiger charge is -1.92. The number of aryl methyl sites for hydroxylation is 1. The van der Waals surface area contributed by atoms with Crippen molar-refractivity contribution in [3.63, 3.8) is 0 Å². The molecule has 0 atom stereocenters. The lowest BCUT2D eigenvalue weighted by atomic mass is 10.2. The molecule has 14 heavy (non-hydrogen) atoms. The van der Waals surface area contributed by atoms with Gasteiger partial charge in [0.2, 0.25) is 0 Å². The maximum atomic E-state index is 12.2. The smallest absolute Gasteiger partial charge is 0.123 e. The molecule has 0 saturated carbocycles. The Labute approximate surface area is 88.2 Å². The van der Waals surface area contributed by atoms with Crippen LogP contribution in [0.2, 0.25) is 0 Å². The maximum absolute atomic E-state index is 12.2. The summed E-state index contributed by atoms with van der Waals surface area (Å²) in [4.78, 5) is 0. The molecule has 1 heteroatoms. The summed E-state index contributed by atoms with van der Waals surface area (Å²) in [6.07, 6.45) is 2.22. The number of hydrogen-bond donors (Lipinski definition) is 0. The summed E-state index contributed by atoms with van der Waals surface area (Å²) in [5.41, 5.74) is 1.18. The van der Waals surface area contributed by atoms with Gasteiger partial charge in [-0.3, -0.25) is 0 Å². The summed E-state index contributed by atoms with van der Waals surface area (Å²) in [6, 6.07) is 6.57. The third-order valence-electron chi connectivity index (χ3n) is 1.32. The maximum Gasteiger partial charge on any atom is 0.123 e. The van der Waals surface area contributed by atoms with E-state index in [4.69, 9.17) is 0 Å². The van der Waals surface area contributed by atoms with Crippen LogP contribution in [0.5, 0.6) is 0 Å². The first-order valence-corrected chi connectivity index (χ1v) is 5.49. The summed E-state index contributed by atoms with van der Waals surface area (Å²) >= 11 is 0. The van der Waals surface area contributed by atoms with Crippen LogP contribution < -0.4 is 0 Å². The van der Waals surface area contributed by atoms with Crippen molar-refractivity contribution in [3.8, 4) is 0 Å². The van der Waals surface area contributed by atoms with Crippen molar-refractivity contribution < 1.29 is 4.39 Å². The SMILES string of the molecule is CC.CCC.CCc1ccc(F)cc1. The van der Waals surface area contributed by atoms with Crippen molar-refractivity contribution in [2.75, 3.05) is 0 Å². The van der Waals surface area contributed by atoms with Gasteiger partial charge in [0.25, 0.3) is 0 Å². The first-order chi connectivity index (χ1) is 6.74. The van der Waals surface area contributed by atoms with Crippen molar-refractivity contribution in [1.29, 1.82) is 0 Å². The van der Waals surface area contributed by atoms with E-state index < -0.39 is 0 Å². The molecule has 0 nitrogen and oxygen atoms in total. The van der Waals surface area contributed by atoms with Crippen LogP contribution in [0.15, 0.2) is 24.3 Å². The van der Waals surface area contributed by atoms with E-state index in [1.165, 1.54) is 24.1 Å². The van der Waals surface area contributed by atoms with E-state index in [2.05, 4.69) is 13.8 Å². The molecule has 0 aromatic heterocycles. The number of hydrogen-bond acceptors (Lipinski definition) is 0. The molecule has 0 unspecified atom stereocenters. The van der Waals surface area contributed by atoms with E-state index in [9.17, 15) is 4.39 Å². The molecule has 0 amide bonds. The molecule has 1 aromatic rings. The van der Waals surface area contributed by atoms with E-state index in [-0.39, 0.29) is 5.82 Å². The molecule has 0 aliphatic carbocycles. The molecule has 0 N–H and O–H groups in total. The molecule has 0 aliphatic rings. The summed E-state index contributed by atoms with van der Waals surface area (Å²) in [6.45, 7) is 10.3. The number of benzene rings is 1. The topological polar surface area (TPSA) is 0 Å². The van der Waals surface area contributed by atoms with Crippen LogP contribution in [0.3, 0.4) is 0 Å². The highest BCUT2D eigenvalue weighted by Gasteiger charge is 1.87. The van der Waals surface area contributed by atoms with Crippen molar-refractivity contribution in [1.82, 2.24) is 0 Å². The lowest BCUT2D eigenvalue weighted by molar-refractivity contribution is 0.627. The second-order valence-electron chi connectivity index (χ2n) is 2.69. The Morgan fingerprint density at radius 2 is 1.29 bits per heavy atom. The van der Waals surface area contributed by atoms with Gasteiger partial charge in [-0.05, 0) is 24.1 Å². The normalized spacial score (nSPS) is 7.86. The van der Waals surface area contributed by atoms with Crippen molar-refractivity contribution in [2.24, 2.45) is 0 Å². The monoisotopic (exact) mass is 198 g/mol. The molecule has 0 radical (unpaired) electrons. The molecular formula is C13H23F. The van der Waals surface area contributed by atoms with Gasteiger partial charge in [0, 0.05) is 0 Å². The first kappa shape index (κ1) is 15.6. The Morgan fingerprint density at radius 3 is 1.57 bits per heavy atom. The Balaban J connectivity index is 0. The average molecular weight is 198 g/mol. The zero-order valence-electron chi connectivity index (χ0n) is 10.1. The zero-order chi connectivity index (χ0) is 11.4. The molecule has 0 saturated heterocycles. The standard InChI is InChI=1S/C8H9F.C3H8.C2H6/c1-2-7-3-5-8(9)6-4-7;1-3-2;1-2/h3-6H,2H2,1H3;3H2,1-2H3;1-2H3. The van der Waals surface area contributed by atoms with Gasteiger partial charge in [0.05, 0.1) is 0 Å². The fraction of sp³-hybridized carbons (Fsp3) is 0.538. The predicted octanol–water partition coefficient (Wildman–Crippen LogP) is 4.83. The summed E-state index contributed by atoms with van der Waals surface area (Å²) in [5.74, 6) is -0.160. The van der Waals surface area contributed by atoms with Crippen LogP contribution in [-0.4, -0.2) is 0 Å². The minimum absolute atomic E-state index is 0.160. The third kappa shape index (κ3) is 9.24. The second kappa shape index (κ2) is 12.2. The van der Waals surface area contributed by atoms with E-state index >= 15 is 0 Å². The van der Waals surface area contributed by atoms with Gasteiger partial charge in [-0.15, -0.1) is 0 Å². The number of rotatable bonds is 1. The van der Waals surface area contributed by atoms with Gasteiger partial charge in [-0.25, -0.2) is 4.39 Å². The Bertz CT molecular complexity index is 189. The number of halogens is 1.